The number of allylic oxidation sites excluding steroid dienone is 3. The Bertz CT molecular complexity index is 1060. The number of aliphatic carboxylic acids is 1. The summed E-state index contributed by atoms with van der Waals surface area (Å²) < 4.78 is 0. The number of hydrogen-bond acceptors (Lipinski definition) is 4. The fraction of sp³-hybridized carbons (Fsp3) is 0.240. The summed E-state index contributed by atoms with van der Waals surface area (Å²) in [5.74, 6) is 0.0189. The van der Waals surface area contributed by atoms with Crippen LogP contribution in [0.5, 0.6) is 0 Å². The van der Waals surface area contributed by atoms with Gasteiger partial charge < -0.3 is 15.7 Å². The van der Waals surface area contributed by atoms with Crippen molar-refractivity contribution >= 4 is 23.3 Å². The molecule has 0 aliphatic heterocycles. The molecule has 158 valence electrons. The number of anilines is 1. The maximum atomic E-state index is 12.7. The number of carboxylic acids is 1. The molecule has 6 heteroatoms. The number of carboxylic acid groups (broad SMARTS) is 1. The molecule has 4 rings (SSSR count). The van der Waals surface area contributed by atoms with E-state index in [1.54, 1.807) is 6.20 Å². The molecule has 1 amide bonds. The second-order valence-electron chi connectivity index (χ2n) is 7.74. The lowest BCUT2D eigenvalue weighted by Gasteiger charge is -2.22. The molecule has 0 saturated heterocycles. The third kappa shape index (κ3) is 5.09. The number of nitrogens with one attached hydrogen (secondary N) is 2. The zero-order chi connectivity index (χ0) is 21.6. The summed E-state index contributed by atoms with van der Waals surface area (Å²) in [6, 6.07) is 13.6. The molecule has 2 aliphatic carbocycles. The average molecular weight is 415 g/mol. The Morgan fingerprint density at radius 1 is 1.06 bits per heavy atom. The number of pyridine rings is 1. The molecule has 2 atom stereocenters. The van der Waals surface area contributed by atoms with Crippen molar-refractivity contribution in [2.45, 2.75) is 12.8 Å². The highest BCUT2D eigenvalue weighted by molar-refractivity contribution is 5.96. The van der Waals surface area contributed by atoms with Gasteiger partial charge in [-0.05, 0) is 41.2 Å². The van der Waals surface area contributed by atoms with E-state index in [-0.39, 0.29) is 24.2 Å². The van der Waals surface area contributed by atoms with Crippen LogP contribution in [0.4, 0.5) is 5.82 Å². The van der Waals surface area contributed by atoms with Crippen LogP contribution in [0.25, 0.3) is 5.57 Å². The van der Waals surface area contributed by atoms with E-state index in [0.717, 1.165) is 28.9 Å². The number of fused-ring (bicyclic) bond motifs is 2. The van der Waals surface area contributed by atoms with E-state index in [4.69, 9.17) is 0 Å². The number of rotatable bonds is 7. The highest BCUT2D eigenvalue weighted by Gasteiger charge is 2.27. The molecule has 1 aromatic carbocycles. The molecule has 2 aliphatic rings. The number of amides is 1. The van der Waals surface area contributed by atoms with Gasteiger partial charge >= 0.3 is 5.97 Å². The van der Waals surface area contributed by atoms with Gasteiger partial charge in [0.05, 0.1) is 6.42 Å². The van der Waals surface area contributed by atoms with Crippen molar-refractivity contribution in [3.05, 3.63) is 89.7 Å². The van der Waals surface area contributed by atoms with Crippen LogP contribution in [-0.2, 0) is 16.0 Å². The molecule has 1 aromatic heterocycles. The van der Waals surface area contributed by atoms with Crippen molar-refractivity contribution in [3.8, 4) is 0 Å². The van der Waals surface area contributed by atoms with Crippen LogP contribution in [0.1, 0.15) is 17.5 Å². The lowest BCUT2D eigenvalue weighted by Crippen LogP contribution is -2.31. The molecule has 0 fully saturated rings. The molecule has 0 radical (unpaired) electrons. The second-order valence-corrected chi connectivity index (χ2v) is 7.74. The van der Waals surface area contributed by atoms with Gasteiger partial charge in [-0.15, -0.1) is 0 Å². The van der Waals surface area contributed by atoms with Crippen LogP contribution in [-0.4, -0.2) is 35.1 Å². The monoisotopic (exact) mass is 415 g/mol. The first-order chi connectivity index (χ1) is 15.1. The molecule has 0 spiro atoms. The van der Waals surface area contributed by atoms with Gasteiger partial charge in [0, 0.05) is 30.8 Å². The Hall–Kier alpha value is -3.67. The summed E-state index contributed by atoms with van der Waals surface area (Å²) in [6.07, 6.45) is 10.4. The zero-order valence-corrected chi connectivity index (χ0v) is 17.1. The van der Waals surface area contributed by atoms with Crippen LogP contribution in [0.2, 0.25) is 0 Å². The summed E-state index contributed by atoms with van der Waals surface area (Å²) in [5, 5.41) is 15.5. The first-order valence-electron chi connectivity index (χ1n) is 10.4. The van der Waals surface area contributed by atoms with E-state index in [0.29, 0.717) is 18.7 Å². The molecule has 1 heterocycles. The quantitative estimate of drug-likeness (QED) is 0.603. The zero-order valence-electron chi connectivity index (χ0n) is 17.1. The molecule has 0 bridgehead atoms. The Morgan fingerprint density at radius 2 is 1.90 bits per heavy atom. The van der Waals surface area contributed by atoms with Crippen LogP contribution in [0.15, 0.2) is 78.5 Å². The van der Waals surface area contributed by atoms with E-state index < -0.39 is 5.97 Å². The van der Waals surface area contributed by atoms with Crippen molar-refractivity contribution < 1.29 is 14.7 Å². The van der Waals surface area contributed by atoms with Crippen LogP contribution >= 0.6 is 0 Å². The van der Waals surface area contributed by atoms with Crippen LogP contribution in [0.3, 0.4) is 0 Å². The highest BCUT2D eigenvalue weighted by Crippen LogP contribution is 2.37. The normalized spacial score (nSPS) is 19.2. The minimum absolute atomic E-state index is 0.00555. The van der Waals surface area contributed by atoms with Gasteiger partial charge in [0.25, 0.3) is 5.91 Å². The van der Waals surface area contributed by atoms with Crippen LogP contribution in [0, 0.1) is 11.8 Å². The highest BCUT2D eigenvalue weighted by atomic mass is 16.4. The van der Waals surface area contributed by atoms with Crippen molar-refractivity contribution in [1.29, 1.82) is 0 Å². The molecular formula is C25H25N3O3. The Morgan fingerprint density at radius 3 is 2.71 bits per heavy atom. The Labute approximate surface area is 181 Å². The standard InChI is InChI=1S/C25H25N3O3/c29-24(30)16-21-13-17-8-9-19(15-20(17)14-18-5-1-2-6-22(18)21)25(31)28-12-11-27-23-7-3-4-10-26-23/h1-10,13,15,17,20H,11-12,14,16H2,(H,26,27)(H,28,31)(H,29,30). The van der Waals surface area contributed by atoms with Gasteiger partial charge in [0.1, 0.15) is 5.82 Å². The fourth-order valence-corrected chi connectivity index (χ4v) is 4.12. The number of nitrogens with zero attached hydrogens (tertiary/aromatic N) is 1. The number of benzene rings is 1. The summed E-state index contributed by atoms with van der Waals surface area (Å²) in [6.45, 7) is 1.07. The smallest absolute Gasteiger partial charge is 0.307 e. The maximum Gasteiger partial charge on any atom is 0.307 e. The Balaban J connectivity index is 1.43. The summed E-state index contributed by atoms with van der Waals surface area (Å²) in [7, 11) is 0. The summed E-state index contributed by atoms with van der Waals surface area (Å²) in [5.41, 5.74) is 3.59. The lowest BCUT2D eigenvalue weighted by atomic mass is 9.82. The minimum atomic E-state index is -0.839. The van der Waals surface area contributed by atoms with Gasteiger partial charge in [0.15, 0.2) is 0 Å². The van der Waals surface area contributed by atoms with Gasteiger partial charge in [0.2, 0.25) is 0 Å². The molecule has 6 nitrogen and oxygen atoms in total. The minimum Gasteiger partial charge on any atom is -0.481 e. The molecule has 2 aromatic rings. The third-order valence-corrected chi connectivity index (χ3v) is 5.58. The SMILES string of the molecule is O=C(O)CC1=CC2C=CC(C(=O)NCCNc3ccccn3)=CC2Cc2ccccc21. The van der Waals surface area contributed by atoms with E-state index >= 15 is 0 Å². The van der Waals surface area contributed by atoms with E-state index in [1.807, 2.05) is 66.8 Å². The largest absolute Gasteiger partial charge is 0.481 e. The Kier molecular flexibility index (Phi) is 6.26. The van der Waals surface area contributed by atoms with Crippen molar-refractivity contribution in [2.24, 2.45) is 11.8 Å². The van der Waals surface area contributed by atoms with Gasteiger partial charge in [-0.3, -0.25) is 9.59 Å². The number of carbonyl (C=O) groups excluding carboxylic acids is 1. The van der Waals surface area contributed by atoms with Crippen molar-refractivity contribution in [2.75, 3.05) is 18.4 Å². The lowest BCUT2D eigenvalue weighted by molar-refractivity contribution is -0.135. The predicted octanol–water partition coefficient (Wildman–Crippen LogP) is 3.45. The third-order valence-electron chi connectivity index (χ3n) is 5.58. The number of carbonyl (C=O) groups is 2. The van der Waals surface area contributed by atoms with E-state index in [1.165, 1.54) is 0 Å². The summed E-state index contributed by atoms with van der Waals surface area (Å²) in [4.78, 5) is 28.2. The first-order valence-corrected chi connectivity index (χ1v) is 10.4. The van der Waals surface area contributed by atoms with Gasteiger partial charge in [-0.1, -0.05) is 54.6 Å². The summed E-state index contributed by atoms with van der Waals surface area (Å²) >= 11 is 0. The average Bonchev–Trinajstić information content (AvgIpc) is 2.93. The van der Waals surface area contributed by atoms with E-state index in [2.05, 4.69) is 15.6 Å². The van der Waals surface area contributed by atoms with Crippen molar-refractivity contribution in [3.63, 3.8) is 0 Å². The van der Waals surface area contributed by atoms with Crippen LogP contribution < -0.4 is 10.6 Å². The van der Waals surface area contributed by atoms with Gasteiger partial charge in [-0.2, -0.15) is 0 Å². The number of aromatic nitrogens is 1. The topological polar surface area (TPSA) is 91.3 Å². The molecular weight excluding hydrogens is 390 g/mol. The first kappa shape index (κ1) is 20.6. The fourth-order valence-electron chi connectivity index (χ4n) is 4.12. The second kappa shape index (κ2) is 9.43. The van der Waals surface area contributed by atoms with E-state index in [9.17, 15) is 14.7 Å². The molecule has 3 N–H and O–H groups in total. The number of hydrogen-bond donors (Lipinski definition) is 3. The maximum absolute atomic E-state index is 12.7. The molecule has 0 saturated carbocycles. The van der Waals surface area contributed by atoms with Gasteiger partial charge in [-0.25, -0.2) is 4.98 Å². The predicted molar refractivity (Wildman–Crippen MR) is 120 cm³/mol. The van der Waals surface area contributed by atoms with Crippen molar-refractivity contribution in [1.82, 2.24) is 10.3 Å². The molecule has 2 unspecified atom stereocenters. The molecule has 31 heavy (non-hydrogen) atoms.